The molecular formula is C28H28Cl2N4O2. The van der Waals surface area contributed by atoms with Gasteiger partial charge in [-0.15, -0.1) is 0 Å². The van der Waals surface area contributed by atoms with Crippen molar-refractivity contribution >= 4 is 34.8 Å². The molecule has 0 aliphatic carbocycles. The second kappa shape index (κ2) is 12.7. The van der Waals surface area contributed by atoms with E-state index in [1.54, 1.807) is 18.3 Å². The van der Waals surface area contributed by atoms with Gasteiger partial charge in [0.2, 0.25) is 5.91 Å². The number of nitrogens with zero attached hydrogens (tertiary/aromatic N) is 2. The Morgan fingerprint density at radius 2 is 1.81 bits per heavy atom. The van der Waals surface area contributed by atoms with Gasteiger partial charge in [-0.3, -0.25) is 4.79 Å². The number of carbonyl (C=O) groups excluding carboxylic acids is 1. The van der Waals surface area contributed by atoms with Crippen LogP contribution in [0, 0.1) is 0 Å². The summed E-state index contributed by atoms with van der Waals surface area (Å²) in [4.78, 5) is 17.0. The molecule has 1 aromatic heterocycles. The van der Waals surface area contributed by atoms with E-state index in [-0.39, 0.29) is 12.3 Å². The average Bonchev–Trinajstić information content (AvgIpc) is 3.31. The number of amides is 1. The Morgan fingerprint density at radius 1 is 1.03 bits per heavy atom. The van der Waals surface area contributed by atoms with Gasteiger partial charge in [-0.1, -0.05) is 65.7 Å². The number of imidazole rings is 1. The van der Waals surface area contributed by atoms with Gasteiger partial charge < -0.3 is 20.3 Å². The van der Waals surface area contributed by atoms with Crippen LogP contribution in [-0.4, -0.2) is 33.7 Å². The highest BCUT2D eigenvalue weighted by atomic mass is 35.5. The predicted octanol–water partition coefficient (Wildman–Crippen LogP) is 5.29. The number of hydrogen-bond donors (Lipinski definition) is 3. The van der Waals surface area contributed by atoms with E-state index in [2.05, 4.69) is 15.6 Å². The summed E-state index contributed by atoms with van der Waals surface area (Å²) in [6.45, 7) is 1.72. The van der Waals surface area contributed by atoms with E-state index in [4.69, 9.17) is 23.2 Å². The zero-order valence-electron chi connectivity index (χ0n) is 19.7. The van der Waals surface area contributed by atoms with Crippen molar-refractivity contribution in [2.24, 2.45) is 0 Å². The Labute approximate surface area is 220 Å². The number of aromatic nitrogens is 2. The maximum absolute atomic E-state index is 12.6. The van der Waals surface area contributed by atoms with E-state index >= 15 is 0 Å². The summed E-state index contributed by atoms with van der Waals surface area (Å²) in [6.07, 6.45) is 3.92. The first-order valence-corrected chi connectivity index (χ1v) is 12.5. The molecule has 0 fully saturated rings. The first-order valence-electron chi connectivity index (χ1n) is 11.7. The second-order valence-electron chi connectivity index (χ2n) is 8.51. The SMILES string of the molecule is O=C(Cc1nccn1Cc1cc(Cl)ccc1Cl)Nc1ccc(CCNC[C@H](O)c2ccccc2)cc1. The van der Waals surface area contributed by atoms with Gasteiger partial charge in [-0.05, 0) is 60.0 Å². The molecule has 1 atom stereocenters. The molecule has 0 spiro atoms. The minimum absolute atomic E-state index is 0.139. The lowest BCUT2D eigenvalue weighted by molar-refractivity contribution is -0.115. The average molecular weight is 523 g/mol. The van der Waals surface area contributed by atoms with Crippen LogP contribution in [0.15, 0.2) is 85.2 Å². The Bertz CT molecular complexity index is 1280. The Kier molecular flexibility index (Phi) is 9.14. The van der Waals surface area contributed by atoms with Crippen molar-refractivity contribution in [3.63, 3.8) is 0 Å². The molecule has 1 heterocycles. The third kappa shape index (κ3) is 7.42. The van der Waals surface area contributed by atoms with E-state index in [0.717, 1.165) is 35.3 Å². The largest absolute Gasteiger partial charge is 0.387 e. The summed E-state index contributed by atoms with van der Waals surface area (Å²) in [5.41, 5.74) is 3.64. The van der Waals surface area contributed by atoms with Crippen LogP contribution in [0.4, 0.5) is 5.69 Å². The van der Waals surface area contributed by atoms with Crippen LogP contribution in [0.5, 0.6) is 0 Å². The molecule has 4 rings (SSSR count). The first-order chi connectivity index (χ1) is 17.5. The fourth-order valence-electron chi connectivity index (χ4n) is 3.87. The van der Waals surface area contributed by atoms with Crippen molar-refractivity contribution in [2.45, 2.75) is 25.5 Å². The van der Waals surface area contributed by atoms with E-state index in [1.807, 2.05) is 71.4 Å². The first kappa shape index (κ1) is 25.9. The molecule has 0 aliphatic rings. The lowest BCUT2D eigenvalue weighted by atomic mass is 10.1. The van der Waals surface area contributed by atoms with Gasteiger partial charge in [0.05, 0.1) is 19.1 Å². The molecule has 4 aromatic rings. The molecule has 3 aromatic carbocycles. The van der Waals surface area contributed by atoms with Crippen LogP contribution in [0.1, 0.15) is 28.6 Å². The van der Waals surface area contributed by atoms with E-state index in [9.17, 15) is 9.90 Å². The third-order valence-electron chi connectivity index (χ3n) is 5.82. The number of aliphatic hydroxyl groups excluding tert-OH is 1. The van der Waals surface area contributed by atoms with Crippen molar-refractivity contribution in [1.82, 2.24) is 14.9 Å². The Morgan fingerprint density at radius 3 is 2.58 bits per heavy atom. The molecule has 0 aliphatic heterocycles. The minimum Gasteiger partial charge on any atom is -0.387 e. The van der Waals surface area contributed by atoms with Gasteiger partial charge in [0, 0.05) is 34.7 Å². The van der Waals surface area contributed by atoms with Crippen molar-refractivity contribution in [1.29, 1.82) is 0 Å². The lowest BCUT2D eigenvalue weighted by Crippen LogP contribution is -2.23. The molecule has 8 heteroatoms. The van der Waals surface area contributed by atoms with E-state index in [1.165, 1.54) is 0 Å². The molecule has 36 heavy (non-hydrogen) atoms. The van der Waals surface area contributed by atoms with Gasteiger partial charge in [0.1, 0.15) is 5.82 Å². The third-order valence-corrected chi connectivity index (χ3v) is 6.42. The molecule has 6 nitrogen and oxygen atoms in total. The smallest absolute Gasteiger partial charge is 0.231 e. The number of benzene rings is 3. The Hall–Kier alpha value is -3.16. The Balaban J connectivity index is 1.23. The molecular weight excluding hydrogens is 495 g/mol. The molecule has 0 unspecified atom stereocenters. The summed E-state index contributed by atoms with van der Waals surface area (Å²) in [5, 5.41) is 17.7. The number of hydrogen-bond acceptors (Lipinski definition) is 4. The molecule has 0 saturated carbocycles. The summed E-state index contributed by atoms with van der Waals surface area (Å²) in [5.74, 6) is 0.493. The fraction of sp³-hybridized carbons (Fsp3) is 0.214. The second-order valence-corrected chi connectivity index (χ2v) is 9.35. The molecule has 186 valence electrons. The van der Waals surface area contributed by atoms with Crippen molar-refractivity contribution < 1.29 is 9.90 Å². The number of anilines is 1. The minimum atomic E-state index is -0.526. The van der Waals surface area contributed by atoms with Gasteiger partial charge in [0.25, 0.3) is 0 Å². The number of rotatable bonds is 11. The van der Waals surface area contributed by atoms with Gasteiger partial charge in [0.15, 0.2) is 0 Å². The van der Waals surface area contributed by atoms with Gasteiger partial charge in [-0.25, -0.2) is 4.98 Å². The molecule has 0 bridgehead atoms. The van der Waals surface area contributed by atoms with E-state index in [0.29, 0.717) is 29.0 Å². The quantitative estimate of drug-likeness (QED) is 0.234. The maximum atomic E-state index is 12.6. The fourth-order valence-corrected chi connectivity index (χ4v) is 4.24. The van der Waals surface area contributed by atoms with E-state index < -0.39 is 6.10 Å². The van der Waals surface area contributed by atoms with Crippen LogP contribution in [0.25, 0.3) is 0 Å². The monoisotopic (exact) mass is 522 g/mol. The maximum Gasteiger partial charge on any atom is 0.231 e. The summed E-state index contributed by atoms with van der Waals surface area (Å²) < 4.78 is 1.89. The molecule has 3 N–H and O–H groups in total. The molecule has 0 radical (unpaired) electrons. The van der Waals surface area contributed by atoms with Crippen molar-refractivity contribution in [3.05, 3.63) is 118 Å². The standard InChI is InChI=1S/C28H28Cl2N4O2/c29-23-8-11-25(30)22(16-23)19-34-15-14-32-27(34)17-28(36)33-24-9-6-20(7-10-24)12-13-31-18-26(35)21-4-2-1-3-5-21/h1-11,14-16,26,31,35H,12-13,17-19H2,(H,33,36)/t26-/m0/s1. The highest BCUT2D eigenvalue weighted by Crippen LogP contribution is 2.22. The van der Waals surface area contributed by atoms with Gasteiger partial charge in [-0.2, -0.15) is 0 Å². The highest BCUT2D eigenvalue weighted by Gasteiger charge is 2.12. The summed E-state index contributed by atoms with van der Waals surface area (Å²) >= 11 is 12.4. The van der Waals surface area contributed by atoms with Crippen molar-refractivity contribution in [3.8, 4) is 0 Å². The van der Waals surface area contributed by atoms with Gasteiger partial charge >= 0.3 is 0 Å². The molecule has 0 saturated heterocycles. The normalized spacial score (nSPS) is 11.9. The number of nitrogens with one attached hydrogen (secondary N) is 2. The lowest BCUT2D eigenvalue weighted by Gasteiger charge is -2.12. The van der Waals surface area contributed by atoms with Crippen LogP contribution >= 0.6 is 23.2 Å². The summed E-state index contributed by atoms with van der Waals surface area (Å²) in [6, 6.07) is 22.7. The zero-order valence-corrected chi connectivity index (χ0v) is 21.2. The van der Waals surface area contributed by atoms with Crippen molar-refractivity contribution in [2.75, 3.05) is 18.4 Å². The topological polar surface area (TPSA) is 79.2 Å². The number of carbonyl (C=O) groups is 1. The predicted molar refractivity (Wildman–Crippen MR) is 145 cm³/mol. The van der Waals surface area contributed by atoms with Crippen LogP contribution < -0.4 is 10.6 Å². The number of aliphatic hydroxyl groups is 1. The zero-order chi connectivity index (χ0) is 25.3. The number of halogens is 2. The highest BCUT2D eigenvalue weighted by molar-refractivity contribution is 6.33. The van der Waals surface area contributed by atoms with Crippen LogP contribution in [-0.2, 0) is 24.2 Å². The van der Waals surface area contributed by atoms with Crippen LogP contribution in [0.2, 0.25) is 10.0 Å². The van der Waals surface area contributed by atoms with Crippen LogP contribution in [0.3, 0.4) is 0 Å². The summed E-state index contributed by atoms with van der Waals surface area (Å²) in [7, 11) is 0. The molecule has 1 amide bonds.